The summed E-state index contributed by atoms with van der Waals surface area (Å²) in [6, 6.07) is 3.55. The third kappa shape index (κ3) is 1.54. The number of carbonyl (C=O) groups is 1. The fourth-order valence-electron chi connectivity index (χ4n) is 2.46. The van der Waals surface area contributed by atoms with Gasteiger partial charge in [-0.05, 0) is 25.5 Å². The maximum absolute atomic E-state index is 11.7. The molecule has 0 unspecified atom stereocenters. The standard InChI is InChI=1S/C13H15N3O2/c1-2-18-13(17)8-6-10-11(7-9(8)14)16-5-3-4-12(16)15-10/h6-7H,2-5,14H2,1H3. The number of carbonyl (C=O) groups excluding carboxylic acids is 1. The van der Waals surface area contributed by atoms with Crippen molar-refractivity contribution in [2.75, 3.05) is 12.3 Å². The van der Waals surface area contributed by atoms with Crippen LogP contribution in [-0.2, 0) is 17.7 Å². The van der Waals surface area contributed by atoms with Crippen LogP contribution in [0.3, 0.4) is 0 Å². The smallest absolute Gasteiger partial charge is 0.340 e. The highest BCUT2D eigenvalue weighted by atomic mass is 16.5. The number of benzene rings is 1. The molecule has 94 valence electrons. The number of aromatic nitrogens is 2. The van der Waals surface area contributed by atoms with Crippen molar-refractivity contribution in [3.8, 4) is 0 Å². The first-order chi connectivity index (χ1) is 8.70. The Bertz CT molecular complexity index is 631. The van der Waals surface area contributed by atoms with Crippen molar-refractivity contribution in [3.05, 3.63) is 23.5 Å². The van der Waals surface area contributed by atoms with E-state index >= 15 is 0 Å². The van der Waals surface area contributed by atoms with Crippen molar-refractivity contribution < 1.29 is 9.53 Å². The number of anilines is 1. The monoisotopic (exact) mass is 245 g/mol. The molecule has 3 rings (SSSR count). The highest BCUT2D eigenvalue weighted by Gasteiger charge is 2.19. The van der Waals surface area contributed by atoms with Crippen LogP contribution in [0.25, 0.3) is 11.0 Å². The summed E-state index contributed by atoms with van der Waals surface area (Å²) >= 11 is 0. The van der Waals surface area contributed by atoms with Crippen molar-refractivity contribution in [2.45, 2.75) is 26.3 Å². The number of hydrogen-bond acceptors (Lipinski definition) is 4. The summed E-state index contributed by atoms with van der Waals surface area (Å²) in [5, 5.41) is 0. The molecule has 2 aromatic rings. The third-order valence-electron chi connectivity index (χ3n) is 3.28. The number of nitrogens with zero attached hydrogens (tertiary/aromatic N) is 2. The SMILES string of the molecule is CCOC(=O)c1cc2nc3n(c2cc1N)CCC3. The van der Waals surface area contributed by atoms with Crippen molar-refractivity contribution in [1.29, 1.82) is 0 Å². The van der Waals surface area contributed by atoms with Gasteiger partial charge < -0.3 is 15.0 Å². The molecule has 2 heterocycles. The highest BCUT2D eigenvalue weighted by Crippen LogP contribution is 2.27. The number of hydrogen-bond donors (Lipinski definition) is 1. The molecular formula is C13H15N3O2. The Morgan fingerprint density at radius 3 is 3.17 bits per heavy atom. The van der Waals surface area contributed by atoms with E-state index in [4.69, 9.17) is 10.5 Å². The second-order valence-electron chi connectivity index (χ2n) is 4.43. The van der Waals surface area contributed by atoms with Crippen molar-refractivity contribution in [3.63, 3.8) is 0 Å². The Kier molecular flexibility index (Phi) is 2.47. The topological polar surface area (TPSA) is 70.1 Å². The molecule has 0 bridgehead atoms. The van der Waals surface area contributed by atoms with E-state index in [-0.39, 0.29) is 5.97 Å². The molecule has 1 aliphatic heterocycles. The average Bonchev–Trinajstić information content (AvgIpc) is 2.89. The van der Waals surface area contributed by atoms with E-state index in [1.54, 1.807) is 13.0 Å². The van der Waals surface area contributed by atoms with Crippen molar-refractivity contribution in [2.24, 2.45) is 0 Å². The third-order valence-corrected chi connectivity index (χ3v) is 3.28. The van der Waals surface area contributed by atoms with Crippen LogP contribution in [0, 0.1) is 0 Å². The summed E-state index contributed by atoms with van der Waals surface area (Å²) in [5.74, 6) is 0.690. The molecule has 1 aliphatic rings. The number of esters is 1. The highest BCUT2D eigenvalue weighted by molar-refractivity contribution is 5.99. The number of rotatable bonds is 2. The lowest BCUT2D eigenvalue weighted by atomic mass is 10.1. The molecule has 0 aliphatic carbocycles. The Balaban J connectivity index is 2.13. The number of ether oxygens (including phenoxy) is 1. The minimum Gasteiger partial charge on any atom is -0.462 e. The van der Waals surface area contributed by atoms with Gasteiger partial charge >= 0.3 is 5.97 Å². The van der Waals surface area contributed by atoms with E-state index in [0.717, 1.165) is 36.2 Å². The molecule has 0 fully saturated rings. The van der Waals surface area contributed by atoms with Gasteiger partial charge in [0.25, 0.3) is 0 Å². The number of nitrogens with two attached hydrogens (primary N) is 1. The van der Waals surface area contributed by atoms with E-state index in [1.165, 1.54) is 0 Å². The van der Waals surface area contributed by atoms with E-state index < -0.39 is 0 Å². The first kappa shape index (κ1) is 11.1. The zero-order valence-corrected chi connectivity index (χ0v) is 10.3. The first-order valence-corrected chi connectivity index (χ1v) is 6.16. The molecule has 5 heteroatoms. The molecule has 0 saturated heterocycles. The van der Waals surface area contributed by atoms with Gasteiger partial charge in [0.1, 0.15) is 5.82 Å². The Hall–Kier alpha value is -2.04. The zero-order chi connectivity index (χ0) is 12.7. The van der Waals surface area contributed by atoms with Crippen LogP contribution in [0.2, 0.25) is 0 Å². The van der Waals surface area contributed by atoms with Crippen LogP contribution in [0.4, 0.5) is 5.69 Å². The molecule has 2 N–H and O–H groups in total. The lowest BCUT2D eigenvalue weighted by Crippen LogP contribution is -2.08. The maximum Gasteiger partial charge on any atom is 0.340 e. The van der Waals surface area contributed by atoms with Crippen molar-refractivity contribution in [1.82, 2.24) is 9.55 Å². The number of aryl methyl sites for hydroxylation is 2. The predicted molar refractivity (Wildman–Crippen MR) is 68.4 cm³/mol. The van der Waals surface area contributed by atoms with Crippen LogP contribution in [0.1, 0.15) is 29.5 Å². The van der Waals surface area contributed by atoms with Crippen LogP contribution >= 0.6 is 0 Å². The van der Waals surface area contributed by atoms with Gasteiger partial charge in [-0.15, -0.1) is 0 Å². The molecule has 1 aromatic heterocycles. The quantitative estimate of drug-likeness (QED) is 0.646. The Morgan fingerprint density at radius 1 is 1.56 bits per heavy atom. The van der Waals surface area contributed by atoms with Crippen LogP contribution in [0.15, 0.2) is 12.1 Å². The van der Waals surface area contributed by atoms with Crippen LogP contribution < -0.4 is 5.73 Å². The molecule has 1 aromatic carbocycles. The van der Waals surface area contributed by atoms with Crippen LogP contribution in [0.5, 0.6) is 0 Å². The second kappa shape index (κ2) is 4.01. The lowest BCUT2D eigenvalue weighted by Gasteiger charge is -2.06. The minimum atomic E-state index is -0.384. The summed E-state index contributed by atoms with van der Waals surface area (Å²) in [6.07, 6.45) is 2.11. The zero-order valence-electron chi connectivity index (χ0n) is 10.3. The predicted octanol–water partition coefficient (Wildman–Crippen LogP) is 1.74. The minimum absolute atomic E-state index is 0.343. The number of imidazole rings is 1. The van der Waals surface area contributed by atoms with Gasteiger partial charge in [-0.25, -0.2) is 9.78 Å². The first-order valence-electron chi connectivity index (χ1n) is 6.16. The summed E-state index contributed by atoms with van der Waals surface area (Å²) in [5.41, 5.74) is 8.62. The molecule has 18 heavy (non-hydrogen) atoms. The van der Waals surface area contributed by atoms with Crippen LogP contribution in [-0.4, -0.2) is 22.1 Å². The van der Waals surface area contributed by atoms with E-state index in [1.807, 2.05) is 6.07 Å². The van der Waals surface area contributed by atoms with Gasteiger partial charge in [0.2, 0.25) is 0 Å². The molecule has 0 radical (unpaired) electrons. The van der Waals surface area contributed by atoms with E-state index in [9.17, 15) is 4.79 Å². The number of fused-ring (bicyclic) bond motifs is 3. The van der Waals surface area contributed by atoms with Gasteiger partial charge in [-0.2, -0.15) is 0 Å². The van der Waals surface area contributed by atoms with Gasteiger partial charge in [0.05, 0.1) is 23.2 Å². The molecule has 0 amide bonds. The fourth-order valence-corrected chi connectivity index (χ4v) is 2.46. The molecule has 5 nitrogen and oxygen atoms in total. The Labute approximate surface area is 105 Å². The van der Waals surface area contributed by atoms with E-state index in [2.05, 4.69) is 9.55 Å². The molecule has 0 spiro atoms. The normalized spacial score (nSPS) is 13.8. The molecular weight excluding hydrogens is 230 g/mol. The van der Waals surface area contributed by atoms with E-state index in [0.29, 0.717) is 17.9 Å². The second-order valence-corrected chi connectivity index (χ2v) is 4.43. The average molecular weight is 245 g/mol. The molecule has 0 atom stereocenters. The summed E-state index contributed by atoms with van der Waals surface area (Å²) in [7, 11) is 0. The fraction of sp³-hybridized carbons (Fsp3) is 0.385. The summed E-state index contributed by atoms with van der Waals surface area (Å²) < 4.78 is 7.15. The summed E-state index contributed by atoms with van der Waals surface area (Å²) in [4.78, 5) is 16.3. The van der Waals surface area contributed by atoms with Crippen molar-refractivity contribution >= 4 is 22.7 Å². The maximum atomic E-state index is 11.7. The van der Waals surface area contributed by atoms with Gasteiger partial charge in [0, 0.05) is 18.7 Å². The largest absolute Gasteiger partial charge is 0.462 e. The number of nitrogen functional groups attached to an aromatic ring is 1. The lowest BCUT2D eigenvalue weighted by molar-refractivity contribution is 0.0528. The summed E-state index contributed by atoms with van der Waals surface area (Å²) in [6.45, 7) is 3.10. The molecule has 0 saturated carbocycles. The van der Waals surface area contributed by atoms with Gasteiger partial charge in [-0.1, -0.05) is 0 Å². The van der Waals surface area contributed by atoms with Gasteiger partial charge in [0.15, 0.2) is 0 Å². The van der Waals surface area contributed by atoms with Gasteiger partial charge in [-0.3, -0.25) is 0 Å². The Morgan fingerprint density at radius 2 is 2.39 bits per heavy atom.